The maximum atomic E-state index is 14.6. The number of hydrogen-bond donors (Lipinski definition) is 3. The third-order valence-electron chi connectivity index (χ3n) is 6.43. The Bertz CT molecular complexity index is 1610. The number of hydrogen-bond acceptors (Lipinski definition) is 6. The Kier molecular flexibility index (Phi) is 9.88. The molecule has 0 saturated carbocycles. The van der Waals surface area contributed by atoms with Gasteiger partial charge in [-0.15, -0.1) is 4.68 Å². The molecule has 42 heavy (non-hydrogen) atoms. The molecule has 0 bridgehead atoms. The van der Waals surface area contributed by atoms with Crippen LogP contribution in [0.1, 0.15) is 26.5 Å². The number of nitrogens with zero attached hydrogens (tertiary/aromatic N) is 4. The molecule has 2 heterocycles. The fraction of sp³-hybridized carbons (Fsp3) is 0.286. The molecule has 0 spiro atoms. The van der Waals surface area contributed by atoms with Crippen LogP contribution in [0.15, 0.2) is 48.9 Å². The van der Waals surface area contributed by atoms with Gasteiger partial charge in [0, 0.05) is 18.3 Å². The molecule has 0 unspecified atom stereocenters. The Morgan fingerprint density at radius 1 is 1.14 bits per heavy atom. The lowest BCUT2D eigenvalue weighted by Crippen LogP contribution is -2.38. The average molecular weight is 604 g/mol. The quantitative estimate of drug-likeness (QED) is 0.169. The number of aromatic nitrogens is 4. The van der Waals surface area contributed by atoms with Gasteiger partial charge in [-0.3, -0.25) is 9.59 Å². The summed E-state index contributed by atoms with van der Waals surface area (Å²) in [6.45, 7) is 1.52. The molecule has 222 valence electrons. The lowest BCUT2D eigenvalue weighted by Gasteiger charge is -2.11. The number of ether oxygens (including phenoxy) is 2. The number of methoxy groups -OCH3 is 1. The van der Waals surface area contributed by atoms with E-state index in [9.17, 15) is 18.4 Å². The van der Waals surface area contributed by atoms with E-state index in [1.54, 1.807) is 0 Å². The summed E-state index contributed by atoms with van der Waals surface area (Å²) in [5, 5.41) is 14.4. The van der Waals surface area contributed by atoms with Gasteiger partial charge in [-0.2, -0.15) is 9.07 Å². The predicted molar refractivity (Wildman–Crippen MR) is 149 cm³/mol. The molecule has 0 aliphatic rings. The van der Waals surface area contributed by atoms with Crippen molar-refractivity contribution in [1.82, 2.24) is 19.5 Å². The van der Waals surface area contributed by atoms with E-state index in [4.69, 9.17) is 26.2 Å². The zero-order chi connectivity index (χ0) is 30.4. The van der Waals surface area contributed by atoms with Crippen molar-refractivity contribution in [3.05, 3.63) is 82.5 Å². The van der Waals surface area contributed by atoms with Crippen molar-refractivity contribution in [3.8, 4) is 17.0 Å². The van der Waals surface area contributed by atoms with E-state index in [1.807, 2.05) is 28.8 Å². The lowest BCUT2D eigenvalue weighted by molar-refractivity contribution is -0.753. The second-order valence-corrected chi connectivity index (χ2v) is 9.61. The Balaban J connectivity index is 1.39. The number of aryl methyl sites for hydroxylation is 1. The zero-order valence-electron chi connectivity index (χ0n) is 23.2. The minimum Gasteiger partial charge on any atom is -0.494 e. The van der Waals surface area contributed by atoms with Gasteiger partial charge in [0.15, 0.2) is 30.6 Å². The van der Waals surface area contributed by atoms with E-state index in [1.165, 1.54) is 55.3 Å². The van der Waals surface area contributed by atoms with Gasteiger partial charge in [0.1, 0.15) is 6.54 Å². The largest absolute Gasteiger partial charge is 0.494 e. The number of aliphatic hydroxyl groups is 1. The fourth-order valence-electron chi connectivity index (χ4n) is 4.27. The summed E-state index contributed by atoms with van der Waals surface area (Å²) in [6.07, 6.45) is 5.01. The second-order valence-electron chi connectivity index (χ2n) is 9.21. The molecule has 14 heteroatoms. The van der Waals surface area contributed by atoms with Crippen LogP contribution in [0, 0.1) is 11.6 Å². The molecule has 0 saturated heterocycles. The number of amides is 2. The number of anilines is 1. The van der Waals surface area contributed by atoms with Crippen molar-refractivity contribution in [2.75, 3.05) is 32.2 Å². The van der Waals surface area contributed by atoms with Crippen LogP contribution in [0.4, 0.5) is 14.5 Å². The Morgan fingerprint density at radius 2 is 1.93 bits per heavy atom. The van der Waals surface area contributed by atoms with Gasteiger partial charge in [-0.25, -0.2) is 9.37 Å². The first kappa shape index (κ1) is 30.6. The molecule has 0 radical (unpaired) electrons. The summed E-state index contributed by atoms with van der Waals surface area (Å²) >= 11 is 6.36. The summed E-state index contributed by atoms with van der Waals surface area (Å²) in [5.74, 6) is -3.59. The van der Waals surface area contributed by atoms with Gasteiger partial charge in [-0.1, -0.05) is 11.6 Å². The maximum Gasteiger partial charge on any atom is 0.291 e. The van der Waals surface area contributed by atoms with Crippen LogP contribution in [-0.4, -0.2) is 58.1 Å². The summed E-state index contributed by atoms with van der Waals surface area (Å²) in [4.78, 5) is 29.8. The standard InChI is InChI=1S/C28H29ClF2N6O5/c1-35-15-17(16-37(35)8-10-42-11-9-38)13-33-27(39)19-5-4-18(12-21(19)29)34-28(40)26-32-14-22(36(26)2)20-6-7-23(41-3)25(31)24(20)30/h4-7,12,14-16,38H,8-11,13H2,1-3H3,(H-,33,34,39,40)/p+1. The Hall–Kier alpha value is -4.33. The van der Waals surface area contributed by atoms with Crippen LogP contribution in [0.3, 0.4) is 0 Å². The highest BCUT2D eigenvalue weighted by molar-refractivity contribution is 6.34. The molecule has 0 aliphatic carbocycles. The minimum atomic E-state index is -1.14. The van der Waals surface area contributed by atoms with Gasteiger partial charge in [0.25, 0.3) is 11.8 Å². The SMILES string of the molecule is COc1ccc(-c2cnc(C(=O)Nc3ccc(C(=O)NCc4cn(CCOCCO)[n+](C)c4)c(Cl)c3)n2C)c(F)c1F. The van der Waals surface area contributed by atoms with Crippen LogP contribution in [0.2, 0.25) is 5.02 Å². The Morgan fingerprint density at radius 3 is 2.64 bits per heavy atom. The van der Waals surface area contributed by atoms with Crippen molar-refractivity contribution >= 4 is 29.1 Å². The molecule has 0 atom stereocenters. The number of nitrogens with one attached hydrogen (secondary N) is 2. The third-order valence-corrected chi connectivity index (χ3v) is 6.74. The van der Waals surface area contributed by atoms with Gasteiger partial charge in [0.2, 0.25) is 5.82 Å². The van der Waals surface area contributed by atoms with Crippen LogP contribution >= 0.6 is 11.6 Å². The molecular weight excluding hydrogens is 574 g/mol. The third kappa shape index (κ3) is 6.75. The van der Waals surface area contributed by atoms with Crippen molar-refractivity contribution in [3.63, 3.8) is 0 Å². The van der Waals surface area contributed by atoms with E-state index in [-0.39, 0.29) is 53.2 Å². The summed E-state index contributed by atoms with van der Waals surface area (Å²) in [6, 6.07) is 7.05. The van der Waals surface area contributed by atoms with Crippen LogP contribution in [0.5, 0.6) is 5.75 Å². The molecule has 4 rings (SSSR count). The van der Waals surface area contributed by atoms with Crippen molar-refractivity contribution in [2.24, 2.45) is 14.1 Å². The summed E-state index contributed by atoms with van der Waals surface area (Å²) in [5.41, 5.74) is 1.48. The van der Waals surface area contributed by atoms with Crippen molar-refractivity contribution < 1.29 is 37.6 Å². The molecule has 2 amide bonds. The van der Waals surface area contributed by atoms with Gasteiger partial charge < -0.3 is 29.8 Å². The first-order valence-electron chi connectivity index (χ1n) is 12.8. The van der Waals surface area contributed by atoms with E-state index in [0.717, 1.165) is 5.56 Å². The first-order chi connectivity index (χ1) is 20.1. The highest BCUT2D eigenvalue weighted by Gasteiger charge is 2.22. The van der Waals surface area contributed by atoms with E-state index >= 15 is 0 Å². The van der Waals surface area contributed by atoms with E-state index in [0.29, 0.717) is 18.8 Å². The molecule has 2 aromatic carbocycles. The van der Waals surface area contributed by atoms with Gasteiger partial charge in [0.05, 0.1) is 67.7 Å². The van der Waals surface area contributed by atoms with Crippen LogP contribution in [-0.2, 0) is 31.9 Å². The molecule has 11 nitrogen and oxygen atoms in total. The van der Waals surface area contributed by atoms with E-state index in [2.05, 4.69) is 15.6 Å². The monoisotopic (exact) mass is 603 g/mol. The number of aliphatic hydroxyl groups excluding tert-OH is 1. The zero-order valence-corrected chi connectivity index (χ0v) is 23.9. The molecule has 0 aliphatic heterocycles. The predicted octanol–water partition coefficient (Wildman–Crippen LogP) is 2.84. The fourth-order valence-corrected chi connectivity index (χ4v) is 4.53. The number of carbonyl (C=O) groups is 2. The highest BCUT2D eigenvalue weighted by Crippen LogP contribution is 2.30. The smallest absolute Gasteiger partial charge is 0.291 e. The number of imidazole rings is 1. The van der Waals surface area contributed by atoms with Crippen molar-refractivity contribution in [2.45, 2.75) is 13.1 Å². The van der Waals surface area contributed by atoms with Crippen molar-refractivity contribution in [1.29, 1.82) is 0 Å². The number of carbonyl (C=O) groups excluding carboxylic acids is 2. The summed E-state index contributed by atoms with van der Waals surface area (Å²) < 4.78 is 44.0. The number of halogens is 3. The first-order valence-corrected chi connectivity index (χ1v) is 13.2. The number of benzene rings is 2. The van der Waals surface area contributed by atoms with Gasteiger partial charge in [-0.05, 0) is 30.3 Å². The molecular formula is C28H30ClF2N6O5+. The molecule has 3 N–H and O–H groups in total. The van der Waals surface area contributed by atoms with Gasteiger partial charge >= 0.3 is 0 Å². The van der Waals surface area contributed by atoms with Crippen LogP contribution < -0.4 is 20.1 Å². The van der Waals surface area contributed by atoms with Crippen LogP contribution in [0.25, 0.3) is 11.3 Å². The minimum absolute atomic E-state index is 0.0348. The molecule has 0 fully saturated rings. The lowest BCUT2D eigenvalue weighted by atomic mass is 10.1. The summed E-state index contributed by atoms with van der Waals surface area (Å²) in [7, 11) is 4.60. The number of rotatable bonds is 12. The molecule has 4 aromatic rings. The average Bonchev–Trinajstić information content (AvgIpc) is 3.52. The normalized spacial score (nSPS) is 11.0. The topological polar surface area (TPSA) is 124 Å². The maximum absolute atomic E-state index is 14.6. The van der Waals surface area contributed by atoms with E-state index < -0.39 is 23.4 Å². The Labute approximate surface area is 245 Å². The molecule has 2 aromatic heterocycles. The second kappa shape index (κ2) is 13.6. The highest BCUT2D eigenvalue weighted by atomic mass is 35.5.